The van der Waals surface area contributed by atoms with Gasteiger partial charge < -0.3 is 36.8 Å². The Kier molecular flexibility index (Phi) is 7.86. The van der Waals surface area contributed by atoms with E-state index in [1.807, 2.05) is 0 Å². The number of hydrogen-bond acceptors (Lipinski definition) is 8. The van der Waals surface area contributed by atoms with E-state index in [0.29, 0.717) is 25.1 Å². The number of carbonyl (C=O) groups excluding carboxylic acids is 4. The van der Waals surface area contributed by atoms with Gasteiger partial charge in [0.05, 0.1) is 18.1 Å². The van der Waals surface area contributed by atoms with Crippen LogP contribution in [0, 0.1) is 0 Å². The molecule has 0 aromatic rings. The van der Waals surface area contributed by atoms with Crippen LogP contribution in [0.3, 0.4) is 0 Å². The molecule has 2 aliphatic heterocycles. The molecule has 2 fully saturated rings. The molecule has 0 spiro atoms. The Morgan fingerprint density at radius 3 is 2.31 bits per heavy atom. The van der Waals surface area contributed by atoms with Crippen molar-refractivity contribution in [1.29, 1.82) is 0 Å². The summed E-state index contributed by atoms with van der Waals surface area (Å²) in [5.74, 6) is -1.79. The molecule has 29 heavy (non-hydrogen) atoms. The summed E-state index contributed by atoms with van der Waals surface area (Å²) in [6, 6.07) is -4.00. The molecule has 0 unspecified atom stereocenters. The minimum absolute atomic E-state index is 0.258. The van der Waals surface area contributed by atoms with E-state index >= 15 is 0 Å². The average Bonchev–Trinajstić information content (AvgIpc) is 3.32. The Bertz CT molecular complexity index is 660. The van der Waals surface area contributed by atoms with Crippen molar-refractivity contribution in [2.45, 2.75) is 63.1 Å². The minimum Gasteiger partial charge on any atom is -0.391 e. The summed E-state index contributed by atoms with van der Waals surface area (Å²) in [5.41, 5.74) is 10.9. The van der Waals surface area contributed by atoms with Gasteiger partial charge in [-0.2, -0.15) is 0 Å². The number of nitrogens with two attached hydrogens (primary N) is 2. The van der Waals surface area contributed by atoms with Gasteiger partial charge in [0.15, 0.2) is 0 Å². The molecular weight excluding hydrogens is 402 g/mol. The molecule has 11 nitrogen and oxygen atoms in total. The van der Waals surface area contributed by atoms with Crippen molar-refractivity contribution in [3.8, 4) is 0 Å². The van der Waals surface area contributed by atoms with Crippen molar-refractivity contribution in [2.24, 2.45) is 11.5 Å². The number of aliphatic hydroxyl groups excluding tert-OH is 2. The zero-order valence-electron chi connectivity index (χ0n) is 16.5. The van der Waals surface area contributed by atoms with Gasteiger partial charge in [-0.1, -0.05) is 0 Å². The smallest absolute Gasteiger partial charge is 0.246 e. The zero-order valence-corrected chi connectivity index (χ0v) is 17.3. The molecule has 4 amide bonds. The molecule has 2 aliphatic rings. The third-order valence-electron chi connectivity index (χ3n) is 5.18. The summed E-state index contributed by atoms with van der Waals surface area (Å²) in [4.78, 5) is 52.5. The van der Waals surface area contributed by atoms with Gasteiger partial charge in [-0.05, 0) is 26.7 Å². The first kappa shape index (κ1) is 23.4. The predicted octanol–water partition coefficient (Wildman–Crippen LogP) is -3.06. The van der Waals surface area contributed by atoms with Crippen molar-refractivity contribution in [3.63, 3.8) is 0 Å². The van der Waals surface area contributed by atoms with E-state index < -0.39 is 54.1 Å². The number of primary amides is 1. The number of amides is 4. The number of nitrogens with one attached hydrogen (secondary N) is 1. The molecule has 0 aliphatic carbocycles. The second-order valence-electron chi connectivity index (χ2n) is 7.41. The van der Waals surface area contributed by atoms with Crippen LogP contribution in [0.15, 0.2) is 0 Å². The Labute approximate surface area is 173 Å². The Balaban J connectivity index is 2.11. The van der Waals surface area contributed by atoms with Crippen LogP contribution in [0.4, 0.5) is 0 Å². The topological polar surface area (TPSA) is 179 Å². The van der Waals surface area contributed by atoms with Gasteiger partial charge in [0.25, 0.3) is 0 Å². The van der Waals surface area contributed by atoms with E-state index in [1.54, 1.807) is 0 Å². The lowest BCUT2D eigenvalue weighted by atomic mass is 10.1. The van der Waals surface area contributed by atoms with Crippen molar-refractivity contribution >= 4 is 35.4 Å². The van der Waals surface area contributed by atoms with Crippen LogP contribution < -0.4 is 16.8 Å². The van der Waals surface area contributed by atoms with Crippen LogP contribution in [-0.2, 0) is 19.2 Å². The van der Waals surface area contributed by atoms with Crippen LogP contribution in [0.25, 0.3) is 0 Å². The molecule has 12 heteroatoms. The standard InChI is InChI=1S/C17H29N5O6S/c1-8(23)12(18)17(28)21-5-3-4-10(21)16(27)22-7-29-6-11(22)15(26)20-13(9(2)24)14(19)25/h8-13,23-24H,3-7,18H2,1-2H3,(H2,19,25)(H,20,26)/t8-,9-,10+,11+,12+,13+/m1/s1. The molecule has 7 N–H and O–H groups in total. The summed E-state index contributed by atoms with van der Waals surface area (Å²) in [6.07, 6.45) is -1.19. The molecule has 2 saturated heterocycles. The summed E-state index contributed by atoms with van der Waals surface area (Å²) in [7, 11) is 0. The normalized spacial score (nSPS) is 26.0. The van der Waals surface area contributed by atoms with Gasteiger partial charge in [-0.3, -0.25) is 19.2 Å². The predicted molar refractivity (Wildman–Crippen MR) is 105 cm³/mol. The zero-order chi connectivity index (χ0) is 21.9. The monoisotopic (exact) mass is 431 g/mol. The quantitative estimate of drug-likeness (QED) is 0.282. The van der Waals surface area contributed by atoms with Gasteiger partial charge in [0.1, 0.15) is 24.2 Å². The maximum Gasteiger partial charge on any atom is 0.246 e. The molecule has 164 valence electrons. The molecule has 0 bridgehead atoms. The number of carbonyl (C=O) groups is 4. The second kappa shape index (κ2) is 9.74. The fourth-order valence-corrected chi connectivity index (χ4v) is 4.60. The van der Waals surface area contributed by atoms with E-state index in [9.17, 15) is 29.4 Å². The Hall–Kier alpha value is -1.89. The van der Waals surface area contributed by atoms with Gasteiger partial charge in [-0.25, -0.2) is 0 Å². The van der Waals surface area contributed by atoms with Gasteiger partial charge in [0.2, 0.25) is 23.6 Å². The highest BCUT2D eigenvalue weighted by Gasteiger charge is 2.44. The number of thioether (sulfide) groups is 1. The lowest BCUT2D eigenvalue weighted by Gasteiger charge is -2.32. The molecule has 0 aromatic heterocycles. The SMILES string of the molecule is C[C@@H](O)[C@H](N)C(=O)N1CCC[C@H]1C(=O)N1CSC[C@H]1C(=O)N[C@H](C(N)=O)[C@@H](C)O. The molecule has 6 atom stereocenters. The number of nitrogens with zero attached hydrogens (tertiary/aromatic N) is 2. The van der Waals surface area contributed by atoms with E-state index in [1.165, 1.54) is 35.4 Å². The Morgan fingerprint density at radius 1 is 1.10 bits per heavy atom. The first-order chi connectivity index (χ1) is 13.6. The Morgan fingerprint density at radius 2 is 1.76 bits per heavy atom. The summed E-state index contributed by atoms with van der Waals surface area (Å²) < 4.78 is 0. The molecule has 2 heterocycles. The maximum atomic E-state index is 13.1. The van der Waals surface area contributed by atoms with Crippen molar-refractivity contribution < 1.29 is 29.4 Å². The van der Waals surface area contributed by atoms with Crippen molar-refractivity contribution in [1.82, 2.24) is 15.1 Å². The number of hydrogen-bond donors (Lipinski definition) is 5. The van der Waals surface area contributed by atoms with Crippen molar-refractivity contribution in [3.05, 3.63) is 0 Å². The summed E-state index contributed by atoms with van der Waals surface area (Å²) in [6.45, 7) is 3.08. The molecule has 0 radical (unpaired) electrons. The first-order valence-corrected chi connectivity index (χ1v) is 10.6. The fraction of sp³-hybridized carbons (Fsp3) is 0.765. The minimum atomic E-state index is -1.27. The van der Waals surface area contributed by atoms with Gasteiger partial charge >= 0.3 is 0 Å². The van der Waals surface area contributed by atoms with Crippen LogP contribution in [0.2, 0.25) is 0 Å². The van der Waals surface area contributed by atoms with Crippen LogP contribution >= 0.6 is 11.8 Å². The molecule has 2 rings (SSSR count). The van der Waals surface area contributed by atoms with E-state index in [4.69, 9.17) is 11.5 Å². The number of aliphatic hydroxyl groups is 2. The average molecular weight is 432 g/mol. The molecule has 0 aromatic carbocycles. The highest BCUT2D eigenvalue weighted by Crippen LogP contribution is 2.27. The maximum absolute atomic E-state index is 13.1. The first-order valence-electron chi connectivity index (χ1n) is 9.46. The van der Waals surface area contributed by atoms with Crippen LogP contribution in [-0.4, -0.2) is 98.2 Å². The second-order valence-corrected chi connectivity index (χ2v) is 8.41. The van der Waals surface area contributed by atoms with E-state index in [0.717, 1.165) is 0 Å². The van der Waals surface area contributed by atoms with E-state index in [2.05, 4.69) is 5.32 Å². The van der Waals surface area contributed by atoms with Crippen LogP contribution in [0.5, 0.6) is 0 Å². The summed E-state index contributed by atoms with van der Waals surface area (Å²) in [5, 5.41) is 21.6. The van der Waals surface area contributed by atoms with Gasteiger partial charge in [-0.15, -0.1) is 11.8 Å². The third kappa shape index (κ3) is 5.18. The number of likely N-dealkylation sites (tertiary alicyclic amines) is 1. The largest absolute Gasteiger partial charge is 0.391 e. The van der Waals surface area contributed by atoms with Gasteiger partial charge in [0, 0.05) is 12.3 Å². The van der Waals surface area contributed by atoms with Crippen LogP contribution in [0.1, 0.15) is 26.7 Å². The molecular formula is C17H29N5O6S. The third-order valence-corrected chi connectivity index (χ3v) is 6.19. The highest BCUT2D eigenvalue weighted by molar-refractivity contribution is 7.99. The fourth-order valence-electron chi connectivity index (χ4n) is 3.43. The molecule has 0 saturated carbocycles. The van der Waals surface area contributed by atoms with E-state index in [-0.39, 0.29) is 11.8 Å². The lowest BCUT2D eigenvalue weighted by molar-refractivity contribution is -0.148. The summed E-state index contributed by atoms with van der Waals surface area (Å²) >= 11 is 1.37. The number of rotatable bonds is 7. The van der Waals surface area contributed by atoms with Crippen molar-refractivity contribution in [2.75, 3.05) is 18.2 Å². The lowest BCUT2D eigenvalue weighted by Crippen LogP contribution is -2.59. The highest BCUT2D eigenvalue weighted by atomic mass is 32.2.